The summed E-state index contributed by atoms with van der Waals surface area (Å²) in [6.07, 6.45) is 4.48. The second kappa shape index (κ2) is 8.89. The molecular formula is C18H28N4. The molecule has 0 amide bonds. The van der Waals surface area contributed by atoms with Crippen molar-refractivity contribution in [3.8, 4) is 6.07 Å². The van der Waals surface area contributed by atoms with Crippen LogP contribution in [0.15, 0.2) is 24.3 Å². The molecule has 0 radical (unpaired) electrons. The first-order chi connectivity index (χ1) is 10.7. The highest BCUT2D eigenvalue weighted by Gasteiger charge is 2.15. The third-order valence-corrected chi connectivity index (χ3v) is 4.54. The Balaban J connectivity index is 1.59. The van der Waals surface area contributed by atoms with Crippen LogP contribution in [0.25, 0.3) is 0 Å². The van der Waals surface area contributed by atoms with Crippen molar-refractivity contribution in [2.24, 2.45) is 11.7 Å². The smallest absolute Gasteiger partial charge is 0.0991 e. The number of hydrogen-bond donors (Lipinski definition) is 2. The molecular weight excluding hydrogens is 272 g/mol. The molecule has 1 aliphatic heterocycles. The summed E-state index contributed by atoms with van der Waals surface area (Å²) < 4.78 is 0. The number of benzene rings is 1. The molecule has 1 heterocycles. The summed E-state index contributed by atoms with van der Waals surface area (Å²) in [5.74, 6) is 0.825. The predicted octanol–water partition coefficient (Wildman–Crippen LogP) is 1.75. The zero-order valence-corrected chi connectivity index (χ0v) is 13.6. The molecule has 2 rings (SSSR count). The van der Waals surface area contributed by atoms with Gasteiger partial charge in [0, 0.05) is 6.04 Å². The minimum atomic E-state index is 0.179. The van der Waals surface area contributed by atoms with Crippen molar-refractivity contribution in [2.75, 3.05) is 33.2 Å². The Kier molecular flexibility index (Phi) is 6.85. The van der Waals surface area contributed by atoms with Gasteiger partial charge < -0.3 is 16.0 Å². The Morgan fingerprint density at radius 2 is 2.00 bits per heavy atom. The van der Waals surface area contributed by atoms with Crippen molar-refractivity contribution < 1.29 is 0 Å². The third kappa shape index (κ3) is 5.76. The van der Waals surface area contributed by atoms with Crippen LogP contribution >= 0.6 is 0 Å². The molecule has 1 atom stereocenters. The largest absolute Gasteiger partial charge is 0.327 e. The van der Waals surface area contributed by atoms with Gasteiger partial charge in [-0.1, -0.05) is 12.1 Å². The number of nitrogens with zero attached hydrogens (tertiary/aromatic N) is 2. The maximum Gasteiger partial charge on any atom is 0.0991 e. The van der Waals surface area contributed by atoms with Crippen LogP contribution in [-0.4, -0.2) is 44.2 Å². The standard InChI is InChI=1S/C18H28N4/c1-22-10-7-17(8-11-22)14-21-9-6-18(20)12-15-2-4-16(13-19)5-3-15/h2-5,17-18,21H,6-12,14,20H2,1H3/t18-/m0/s1. The van der Waals surface area contributed by atoms with Crippen LogP contribution in [0.3, 0.4) is 0 Å². The van der Waals surface area contributed by atoms with E-state index in [-0.39, 0.29) is 6.04 Å². The van der Waals surface area contributed by atoms with E-state index in [9.17, 15) is 0 Å². The van der Waals surface area contributed by atoms with E-state index in [2.05, 4.69) is 23.3 Å². The third-order valence-electron chi connectivity index (χ3n) is 4.54. The molecule has 120 valence electrons. The molecule has 1 saturated heterocycles. The summed E-state index contributed by atoms with van der Waals surface area (Å²) >= 11 is 0. The van der Waals surface area contributed by atoms with Gasteiger partial charge in [0.1, 0.15) is 0 Å². The molecule has 0 saturated carbocycles. The van der Waals surface area contributed by atoms with Crippen molar-refractivity contribution in [3.05, 3.63) is 35.4 Å². The summed E-state index contributed by atoms with van der Waals surface area (Å²) in [6, 6.07) is 10.0. The highest BCUT2D eigenvalue weighted by Crippen LogP contribution is 2.14. The average Bonchev–Trinajstić information content (AvgIpc) is 2.54. The van der Waals surface area contributed by atoms with Gasteiger partial charge in [0.15, 0.2) is 0 Å². The Hall–Kier alpha value is -1.41. The van der Waals surface area contributed by atoms with Gasteiger partial charge in [0.2, 0.25) is 0 Å². The van der Waals surface area contributed by atoms with E-state index < -0.39 is 0 Å². The fourth-order valence-corrected chi connectivity index (χ4v) is 2.98. The molecule has 22 heavy (non-hydrogen) atoms. The van der Waals surface area contributed by atoms with E-state index in [1.165, 1.54) is 31.5 Å². The van der Waals surface area contributed by atoms with E-state index in [1.807, 2.05) is 24.3 Å². The Labute approximate surface area is 134 Å². The van der Waals surface area contributed by atoms with Crippen molar-refractivity contribution >= 4 is 0 Å². The topological polar surface area (TPSA) is 65.1 Å². The molecule has 0 aromatic heterocycles. The maximum absolute atomic E-state index is 8.79. The molecule has 0 bridgehead atoms. The lowest BCUT2D eigenvalue weighted by molar-refractivity contribution is 0.216. The summed E-state index contributed by atoms with van der Waals surface area (Å²) in [5.41, 5.74) is 8.12. The van der Waals surface area contributed by atoms with Gasteiger partial charge in [0.05, 0.1) is 11.6 Å². The Morgan fingerprint density at radius 1 is 1.32 bits per heavy atom. The van der Waals surface area contributed by atoms with Crippen LogP contribution in [0.1, 0.15) is 30.4 Å². The number of likely N-dealkylation sites (tertiary alicyclic amines) is 1. The lowest BCUT2D eigenvalue weighted by Crippen LogP contribution is -2.36. The minimum Gasteiger partial charge on any atom is -0.327 e. The Bertz CT molecular complexity index is 469. The molecule has 0 unspecified atom stereocenters. The summed E-state index contributed by atoms with van der Waals surface area (Å²) in [7, 11) is 2.20. The lowest BCUT2D eigenvalue weighted by atomic mass is 9.97. The molecule has 4 heteroatoms. The first kappa shape index (κ1) is 17.0. The first-order valence-corrected chi connectivity index (χ1v) is 8.31. The predicted molar refractivity (Wildman–Crippen MR) is 90.5 cm³/mol. The van der Waals surface area contributed by atoms with Gasteiger partial charge in [-0.15, -0.1) is 0 Å². The van der Waals surface area contributed by atoms with Crippen molar-refractivity contribution in [2.45, 2.75) is 31.7 Å². The van der Waals surface area contributed by atoms with E-state index in [0.717, 1.165) is 31.8 Å². The van der Waals surface area contributed by atoms with Gasteiger partial charge in [-0.3, -0.25) is 0 Å². The number of nitrogens with two attached hydrogens (primary N) is 1. The highest BCUT2D eigenvalue weighted by atomic mass is 15.1. The monoisotopic (exact) mass is 300 g/mol. The van der Waals surface area contributed by atoms with Gasteiger partial charge >= 0.3 is 0 Å². The number of piperidine rings is 1. The number of rotatable bonds is 7. The summed E-state index contributed by atoms with van der Waals surface area (Å²) in [4.78, 5) is 2.41. The van der Waals surface area contributed by atoms with Crippen molar-refractivity contribution in [3.63, 3.8) is 0 Å². The summed E-state index contributed by atoms with van der Waals surface area (Å²) in [5, 5.41) is 12.4. The van der Waals surface area contributed by atoms with E-state index in [1.54, 1.807) is 0 Å². The zero-order chi connectivity index (χ0) is 15.8. The SMILES string of the molecule is CN1CCC(CNCC[C@H](N)Cc2ccc(C#N)cc2)CC1. The van der Waals surface area contributed by atoms with Crippen molar-refractivity contribution in [1.82, 2.24) is 10.2 Å². The van der Waals surface area contributed by atoms with E-state index >= 15 is 0 Å². The van der Waals surface area contributed by atoms with Crippen LogP contribution in [0.5, 0.6) is 0 Å². The molecule has 3 N–H and O–H groups in total. The summed E-state index contributed by atoms with van der Waals surface area (Å²) in [6.45, 7) is 4.57. The van der Waals surface area contributed by atoms with Crippen LogP contribution in [0.4, 0.5) is 0 Å². The fourth-order valence-electron chi connectivity index (χ4n) is 2.98. The molecule has 1 aromatic rings. The molecule has 0 spiro atoms. The number of nitrogens with one attached hydrogen (secondary N) is 1. The Morgan fingerprint density at radius 3 is 2.64 bits per heavy atom. The van der Waals surface area contributed by atoms with Gasteiger partial charge in [-0.05, 0) is 82.5 Å². The normalized spacial score (nSPS) is 18.0. The number of nitriles is 1. The van der Waals surface area contributed by atoms with E-state index in [4.69, 9.17) is 11.0 Å². The average molecular weight is 300 g/mol. The van der Waals surface area contributed by atoms with Gasteiger partial charge in [-0.25, -0.2) is 0 Å². The number of hydrogen-bond acceptors (Lipinski definition) is 4. The van der Waals surface area contributed by atoms with Crippen LogP contribution in [0.2, 0.25) is 0 Å². The quantitative estimate of drug-likeness (QED) is 0.753. The second-order valence-corrected chi connectivity index (χ2v) is 6.51. The lowest BCUT2D eigenvalue weighted by Gasteiger charge is -2.29. The fraction of sp³-hybridized carbons (Fsp3) is 0.611. The van der Waals surface area contributed by atoms with Gasteiger partial charge in [-0.2, -0.15) is 5.26 Å². The molecule has 0 aliphatic carbocycles. The molecule has 1 aliphatic rings. The van der Waals surface area contributed by atoms with E-state index in [0.29, 0.717) is 5.56 Å². The van der Waals surface area contributed by atoms with Crippen molar-refractivity contribution in [1.29, 1.82) is 5.26 Å². The molecule has 1 aromatic carbocycles. The molecule has 4 nitrogen and oxygen atoms in total. The van der Waals surface area contributed by atoms with Crippen LogP contribution in [0, 0.1) is 17.2 Å². The molecule has 1 fully saturated rings. The van der Waals surface area contributed by atoms with Crippen LogP contribution in [-0.2, 0) is 6.42 Å². The van der Waals surface area contributed by atoms with Crippen LogP contribution < -0.4 is 11.1 Å². The van der Waals surface area contributed by atoms with Gasteiger partial charge in [0.25, 0.3) is 0 Å². The zero-order valence-electron chi connectivity index (χ0n) is 13.6. The maximum atomic E-state index is 8.79. The second-order valence-electron chi connectivity index (χ2n) is 6.51. The highest BCUT2D eigenvalue weighted by molar-refractivity contribution is 5.31. The minimum absolute atomic E-state index is 0.179. The first-order valence-electron chi connectivity index (χ1n) is 8.31.